The number of hydrogen-bond donors (Lipinski definition) is 0. The summed E-state index contributed by atoms with van der Waals surface area (Å²) in [7, 11) is 6.10. The van der Waals surface area contributed by atoms with E-state index in [9.17, 15) is 0 Å². The molecule has 0 N–H and O–H groups in total. The lowest BCUT2D eigenvalue weighted by molar-refractivity contribution is 0.136. The molecule has 58 valence electrons. The summed E-state index contributed by atoms with van der Waals surface area (Å²) in [6.07, 6.45) is 0. The van der Waals surface area contributed by atoms with E-state index in [1.807, 2.05) is 14.1 Å². The number of nitrogens with zero attached hydrogens (tertiary/aromatic N) is 3. The molecule has 1 saturated heterocycles. The normalized spacial score (nSPS) is 22.1. The Hall–Kier alpha value is -0.350. The molecule has 0 aromatic rings. The van der Waals surface area contributed by atoms with Gasteiger partial charge in [-0.1, -0.05) is 0 Å². The van der Waals surface area contributed by atoms with Gasteiger partial charge in [0.1, 0.15) is 0 Å². The van der Waals surface area contributed by atoms with Crippen LogP contribution in [0.5, 0.6) is 0 Å². The van der Waals surface area contributed by atoms with Crippen LogP contribution < -0.4 is 0 Å². The number of rotatable bonds is 0. The first kappa shape index (κ1) is 7.75. The summed E-state index contributed by atoms with van der Waals surface area (Å²) in [5, 5.41) is 0.929. The average Bonchev–Trinajstić information content (AvgIpc) is 1.82. The third kappa shape index (κ3) is 1.38. The largest absolute Gasteiger partial charge is 0.339 e. The molecule has 0 unspecified atom stereocenters. The Kier molecular flexibility index (Phi) is 2.11. The predicted molar refractivity (Wildman–Crippen MR) is 45.6 cm³/mol. The maximum Gasteiger partial charge on any atom is 0.173 e. The monoisotopic (exact) mass is 159 g/mol. The van der Waals surface area contributed by atoms with Gasteiger partial charge in [0.15, 0.2) is 5.11 Å². The summed E-state index contributed by atoms with van der Waals surface area (Å²) in [5.74, 6) is 0. The zero-order chi connectivity index (χ0) is 7.72. The predicted octanol–water partition coefficient (Wildman–Crippen LogP) is -0.00470. The third-order valence-corrected chi connectivity index (χ3v) is 2.18. The molecule has 0 radical (unpaired) electrons. The van der Waals surface area contributed by atoms with Crippen LogP contribution in [0.1, 0.15) is 0 Å². The molecule has 1 heterocycles. The average molecular weight is 159 g/mol. The van der Waals surface area contributed by atoms with E-state index >= 15 is 0 Å². The van der Waals surface area contributed by atoms with E-state index in [0.29, 0.717) is 0 Å². The topological polar surface area (TPSA) is 9.72 Å². The second kappa shape index (κ2) is 2.72. The van der Waals surface area contributed by atoms with Crippen molar-refractivity contribution in [1.82, 2.24) is 14.7 Å². The summed E-state index contributed by atoms with van der Waals surface area (Å²) >= 11 is 5.13. The first-order chi connectivity index (χ1) is 4.61. The molecule has 0 aliphatic carbocycles. The highest BCUT2D eigenvalue weighted by Gasteiger charge is 2.18. The molecule has 1 aliphatic rings. The highest BCUT2D eigenvalue weighted by Crippen LogP contribution is 2.03. The molecule has 0 aromatic heterocycles. The molecule has 3 nitrogen and oxygen atoms in total. The van der Waals surface area contributed by atoms with Gasteiger partial charge in [0.25, 0.3) is 0 Å². The Labute approximate surface area is 67.2 Å². The molecule has 0 saturated carbocycles. The molecule has 0 bridgehead atoms. The van der Waals surface area contributed by atoms with Crippen LogP contribution in [-0.2, 0) is 0 Å². The fourth-order valence-electron chi connectivity index (χ4n) is 1.18. The van der Waals surface area contributed by atoms with Crippen LogP contribution in [0.3, 0.4) is 0 Å². The lowest BCUT2D eigenvalue weighted by atomic mass is 10.6. The van der Waals surface area contributed by atoms with E-state index in [1.165, 1.54) is 0 Å². The van der Waals surface area contributed by atoms with Gasteiger partial charge < -0.3 is 9.80 Å². The Morgan fingerprint density at radius 1 is 1.10 bits per heavy atom. The van der Waals surface area contributed by atoms with Crippen LogP contribution in [0.15, 0.2) is 0 Å². The van der Waals surface area contributed by atoms with E-state index in [4.69, 9.17) is 12.2 Å². The third-order valence-electron chi connectivity index (χ3n) is 1.56. The Morgan fingerprint density at radius 3 is 1.90 bits per heavy atom. The van der Waals surface area contributed by atoms with Crippen molar-refractivity contribution in [3.05, 3.63) is 0 Å². The molecule has 1 fully saturated rings. The van der Waals surface area contributed by atoms with Gasteiger partial charge in [-0.3, -0.25) is 4.90 Å². The standard InChI is InChI=1S/C6H13N3S/c1-7-4-8(2)6(10)9(3)5-7/h4-5H2,1-3H3. The second-order valence-electron chi connectivity index (χ2n) is 2.82. The van der Waals surface area contributed by atoms with Gasteiger partial charge in [0.05, 0.1) is 13.3 Å². The molecule has 0 aromatic carbocycles. The lowest BCUT2D eigenvalue weighted by Gasteiger charge is -2.39. The van der Waals surface area contributed by atoms with Gasteiger partial charge in [-0.15, -0.1) is 0 Å². The van der Waals surface area contributed by atoms with Crippen LogP contribution in [-0.4, -0.2) is 54.3 Å². The van der Waals surface area contributed by atoms with Gasteiger partial charge in [-0.05, 0) is 19.3 Å². The Bertz CT molecular complexity index is 134. The minimum atomic E-state index is 0.929. The summed E-state index contributed by atoms with van der Waals surface area (Å²) in [4.78, 5) is 6.31. The SMILES string of the molecule is CN1CN(C)C(=S)N(C)C1. The summed E-state index contributed by atoms with van der Waals surface area (Å²) < 4.78 is 0. The van der Waals surface area contributed by atoms with Crippen LogP contribution in [0, 0.1) is 0 Å². The van der Waals surface area contributed by atoms with Crippen LogP contribution >= 0.6 is 12.2 Å². The van der Waals surface area contributed by atoms with Crippen molar-refractivity contribution in [1.29, 1.82) is 0 Å². The van der Waals surface area contributed by atoms with Crippen molar-refractivity contribution in [2.45, 2.75) is 0 Å². The number of hydrogen-bond acceptors (Lipinski definition) is 2. The van der Waals surface area contributed by atoms with E-state index in [2.05, 4.69) is 21.7 Å². The van der Waals surface area contributed by atoms with Crippen molar-refractivity contribution in [2.75, 3.05) is 34.5 Å². The second-order valence-corrected chi connectivity index (χ2v) is 3.18. The fraction of sp³-hybridized carbons (Fsp3) is 0.833. The summed E-state index contributed by atoms with van der Waals surface area (Å²) in [5.41, 5.74) is 0. The van der Waals surface area contributed by atoms with Crippen molar-refractivity contribution >= 4 is 17.3 Å². The van der Waals surface area contributed by atoms with Gasteiger partial charge in [0, 0.05) is 14.1 Å². The van der Waals surface area contributed by atoms with Crippen LogP contribution in [0.2, 0.25) is 0 Å². The Morgan fingerprint density at radius 2 is 1.50 bits per heavy atom. The quantitative estimate of drug-likeness (QED) is 0.460. The smallest absolute Gasteiger partial charge is 0.173 e. The maximum absolute atomic E-state index is 5.13. The molecule has 10 heavy (non-hydrogen) atoms. The van der Waals surface area contributed by atoms with Gasteiger partial charge in [-0.2, -0.15) is 0 Å². The Balaban J connectivity index is 2.57. The van der Waals surface area contributed by atoms with Gasteiger partial charge >= 0.3 is 0 Å². The lowest BCUT2D eigenvalue weighted by Crippen LogP contribution is -2.53. The van der Waals surface area contributed by atoms with Gasteiger partial charge in [0.2, 0.25) is 0 Å². The molecular formula is C6H13N3S. The minimum Gasteiger partial charge on any atom is -0.339 e. The van der Waals surface area contributed by atoms with Crippen LogP contribution in [0.25, 0.3) is 0 Å². The van der Waals surface area contributed by atoms with E-state index in [-0.39, 0.29) is 0 Å². The van der Waals surface area contributed by atoms with E-state index < -0.39 is 0 Å². The molecule has 4 heteroatoms. The van der Waals surface area contributed by atoms with Crippen molar-refractivity contribution in [3.63, 3.8) is 0 Å². The molecule has 0 spiro atoms. The first-order valence-corrected chi connectivity index (χ1v) is 3.67. The highest BCUT2D eigenvalue weighted by molar-refractivity contribution is 7.80. The maximum atomic E-state index is 5.13. The summed E-state index contributed by atoms with van der Waals surface area (Å²) in [6.45, 7) is 1.87. The highest BCUT2D eigenvalue weighted by atomic mass is 32.1. The van der Waals surface area contributed by atoms with E-state index in [0.717, 1.165) is 18.4 Å². The fourth-order valence-corrected chi connectivity index (χ4v) is 1.30. The molecule has 1 aliphatic heterocycles. The van der Waals surface area contributed by atoms with E-state index in [1.54, 1.807) is 0 Å². The molecule has 0 amide bonds. The molecule has 0 atom stereocenters. The zero-order valence-electron chi connectivity index (χ0n) is 6.66. The first-order valence-electron chi connectivity index (χ1n) is 3.26. The van der Waals surface area contributed by atoms with Crippen molar-refractivity contribution in [3.8, 4) is 0 Å². The van der Waals surface area contributed by atoms with Crippen molar-refractivity contribution < 1.29 is 0 Å². The molecule has 1 rings (SSSR count). The molecular weight excluding hydrogens is 146 g/mol. The van der Waals surface area contributed by atoms with Crippen molar-refractivity contribution in [2.24, 2.45) is 0 Å². The minimum absolute atomic E-state index is 0.929. The van der Waals surface area contributed by atoms with Crippen LogP contribution in [0.4, 0.5) is 0 Å². The van der Waals surface area contributed by atoms with Gasteiger partial charge in [-0.25, -0.2) is 0 Å². The zero-order valence-corrected chi connectivity index (χ0v) is 7.48. The summed E-state index contributed by atoms with van der Waals surface area (Å²) in [6, 6.07) is 0. The number of thiocarbonyl (C=S) groups is 1.